The van der Waals surface area contributed by atoms with E-state index in [9.17, 15) is 0 Å². The van der Waals surface area contributed by atoms with Gasteiger partial charge in [-0.2, -0.15) is 0 Å². The Kier molecular flexibility index (Phi) is 3.45. The van der Waals surface area contributed by atoms with Gasteiger partial charge in [0.1, 0.15) is 11.6 Å². The number of hydrogen-bond donors (Lipinski definition) is 1. The maximum Gasteiger partial charge on any atom is 0.132 e. The van der Waals surface area contributed by atoms with Gasteiger partial charge in [-0.15, -0.1) is 0 Å². The highest BCUT2D eigenvalue weighted by Gasteiger charge is 2.18. The summed E-state index contributed by atoms with van der Waals surface area (Å²) < 4.78 is 0. The van der Waals surface area contributed by atoms with Gasteiger partial charge in [0.2, 0.25) is 0 Å². The first kappa shape index (κ1) is 12.2. The molecule has 1 heterocycles. The lowest BCUT2D eigenvalue weighted by atomic mass is 10.1. The third kappa shape index (κ3) is 2.60. The molecule has 2 aromatic rings. The van der Waals surface area contributed by atoms with Crippen LogP contribution in [0.1, 0.15) is 29.1 Å². The fourth-order valence-electron chi connectivity index (χ4n) is 2.70. The van der Waals surface area contributed by atoms with E-state index in [0.717, 1.165) is 37.3 Å². The second-order valence-electron chi connectivity index (χ2n) is 5.00. The number of anilines is 1. The zero-order valence-electron chi connectivity index (χ0n) is 11.3. The molecule has 0 unspecified atom stereocenters. The van der Waals surface area contributed by atoms with E-state index < -0.39 is 0 Å². The third-order valence-electron chi connectivity index (χ3n) is 3.70. The standard InChI is InChI=1S/C16H19N3/c1-17-16-13-8-5-9-14(13)18-15(19-16)11-10-12-6-3-2-4-7-12/h2-4,6-7H,5,8-11H2,1H3,(H,17,18,19). The molecule has 0 spiro atoms. The van der Waals surface area contributed by atoms with Crippen molar-refractivity contribution in [1.82, 2.24) is 9.97 Å². The van der Waals surface area contributed by atoms with Crippen molar-refractivity contribution >= 4 is 5.82 Å². The van der Waals surface area contributed by atoms with Gasteiger partial charge in [0.15, 0.2) is 0 Å². The van der Waals surface area contributed by atoms with Gasteiger partial charge in [-0.1, -0.05) is 30.3 Å². The quantitative estimate of drug-likeness (QED) is 0.910. The number of benzene rings is 1. The average molecular weight is 253 g/mol. The van der Waals surface area contributed by atoms with E-state index in [4.69, 9.17) is 4.98 Å². The van der Waals surface area contributed by atoms with Gasteiger partial charge < -0.3 is 5.32 Å². The SMILES string of the molecule is CNc1nc(CCc2ccccc2)nc2c1CCC2. The van der Waals surface area contributed by atoms with E-state index in [1.807, 2.05) is 7.05 Å². The van der Waals surface area contributed by atoms with E-state index in [1.165, 1.54) is 23.2 Å². The number of nitrogens with one attached hydrogen (secondary N) is 1. The van der Waals surface area contributed by atoms with Gasteiger partial charge in [0, 0.05) is 24.7 Å². The van der Waals surface area contributed by atoms with Gasteiger partial charge in [0.05, 0.1) is 0 Å². The van der Waals surface area contributed by atoms with Crippen LogP contribution in [0.5, 0.6) is 0 Å². The molecule has 1 aliphatic carbocycles. The topological polar surface area (TPSA) is 37.8 Å². The van der Waals surface area contributed by atoms with Crippen LogP contribution in [0.3, 0.4) is 0 Å². The minimum Gasteiger partial charge on any atom is -0.373 e. The van der Waals surface area contributed by atoms with Crippen molar-refractivity contribution in [3.63, 3.8) is 0 Å². The molecule has 1 N–H and O–H groups in total. The number of fused-ring (bicyclic) bond motifs is 1. The molecular formula is C16H19N3. The maximum atomic E-state index is 4.73. The van der Waals surface area contributed by atoms with Crippen molar-refractivity contribution in [3.05, 3.63) is 53.0 Å². The first-order valence-corrected chi connectivity index (χ1v) is 6.97. The van der Waals surface area contributed by atoms with Crippen LogP contribution >= 0.6 is 0 Å². The number of hydrogen-bond acceptors (Lipinski definition) is 3. The van der Waals surface area contributed by atoms with Crippen LogP contribution in [-0.4, -0.2) is 17.0 Å². The molecule has 0 atom stereocenters. The predicted molar refractivity (Wildman–Crippen MR) is 77.5 cm³/mol. The summed E-state index contributed by atoms with van der Waals surface area (Å²) in [5, 5.41) is 3.21. The minimum atomic E-state index is 0.909. The highest BCUT2D eigenvalue weighted by Crippen LogP contribution is 2.26. The molecular weight excluding hydrogens is 234 g/mol. The van der Waals surface area contributed by atoms with E-state index in [0.29, 0.717) is 0 Å². The van der Waals surface area contributed by atoms with Crippen molar-refractivity contribution < 1.29 is 0 Å². The number of aromatic nitrogens is 2. The van der Waals surface area contributed by atoms with Crippen LogP contribution in [0.15, 0.2) is 30.3 Å². The molecule has 0 bridgehead atoms. The second kappa shape index (κ2) is 5.39. The van der Waals surface area contributed by atoms with Gasteiger partial charge in [-0.3, -0.25) is 0 Å². The fraction of sp³-hybridized carbons (Fsp3) is 0.375. The Labute approximate surface area is 114 Å². The highest BCUT2D eigenvalue weighted by atomic mass is 15.0. The molecule has 3 rings (SSSR count). The van der Waals surface area contributed by atoms with Crippen LogP contribution < -0.4 is 5.32 Å². The average Bonchev–Trinajstić information content (AvgIpc) is 2.93. The van der Waals surface area contributed by atoms with Gasteiger partial charge in [-0.25, -0.2) is 9.97 Å². The van der Waals surface area contributed by atoms with Gasteiger partial charge in [-0.05, 0) is 31.2 Å². The Morgan fingerprint density at radius 3 is 2.68 bits per heavy atom. The molecule has 0 aliphatic heterocycles. The van der Waals surface area contributed by atoms with Crippen LogP contribution in [-0.2, 0) is 25.7 Å². The minimum absolute atomic E-state index is 0.909. The van der Waals surface area contributed by atoms with E-state index >= 15 is 0 Å². The van der Waals surface area contributed by atoms with E-state index in [1.54, 1.807) is 0 Å². The Morgan fingerprint density at radius 2 is 1.89 bits per heavy atom. The number of nitrogens with zero attached hydrogens (tertiary/aromatic N) is 2. The molecule has 0 saturated carbocycles. The van der Waals surface area contributed by atoms with Crippen molar-refractivity contribution in [2.24, 2.45) is 0 Å². The van der Waals surface area contributed by atoms with Crippen LogP contribution in [0, 0.1) is 0 Å². The first-order chi connectivity index (χ1) is 9.36. The maximum absolute atomic E-state index is 4.73. The van der Waals surface area contributed by atoms with Gasteiger partial charge >= 0.3 is 0 Å². The van der Waals surface area contributed by atoms with Crippen LogP contribution in [0.2, 0.25) is 0 Å². The van der Waals surface area contributed by atoms with Gasteiger partial charge in [0.25, 0.3) is 0 Å². The molecule has 98 valence electrons. The molecule has 19 heavy (non-hydrogen) atoms. The zero-order chi connectivity index (χ0) is 13.1. The van der Waals surface area contributed by atoms with Crippen molar-refractivity contribution in [3.8, 4) is 0 Å². The lowest BCUT2D eigenvalue weighted by Gasteiger charge is -2.09. The van der Waals surface area contributed by atoms with E-state index in [-0.39, 0.29) is 0 Å². The Morgan fingerprint density at radius 1 is 1.05 bits per heavy atom. The number of aryl methyl sites for hydroxylation is 3. The number of rotatable bonds is 4. The lowest BCUT2D eigenvalue weighted by Crippen LogP contribution is -2.07. The van der Waals surface area contributed by atoms with Crippen LogP contribution in [0.4, 0.5) is 5.82 Å². The Bertz CT molecular complexity index is 564. The molecule has 1 aromatic carbocycles. The molecule has 0 fully saturated rings. The summed E-state index contributed by atoms with van der Waals surface area (Å²) in [6, 6.07) is 10.5. The fourth-order valence-corrected chi connectivity index (χ4v) is 2.70. The van der Waals surface area contributed by atoms with Crippen LogP contribution in [0.25, 0.3) is 0 Å². The first-order valence-electron chi connectivity index (χ1n) is 6.97. The second-order valence-corrected chi connectivity index (χ2v) is 5.00. The summed E-state index contributed by atoms with van der Waals surface area (Å²) in [5.41, 5.74) is 3.92. The summed E-state index contributed by atoms with van der Waals surface area (Å²) in [4.78, 5) is 9.38. The lowest BCUT2D eigenvalue weighted by molar-refractivity contribution is 0.834. The summed E-state index contributed by atoms with van der Waals surface area (Å²) in [7, 11) is 1.95. The molecule has 0 radical (unpaired) electrons. The summed E-state index contributed by atoms with van der Waals surface area (Å²) in [5.74, 6) is 2.00. The Hall–Kier alpha value is -1.90. The molecule has 3 heteroatoms. The predicted octanol–water partition coefficient (Wildman–Crippen LogP) is 2.79. The molecule has 3 nitrogen and oxygen atoms in total. The van der Waals surface area contributed by atoms with Crippen molar-refractivity contribution in [2.75, 3.05) is 12.4 Å². The molecule has 1 aliphatic rings. The summed E-state index contributed by atoms with van der Waals surface area (Å²) in [6.45, 7) is 0. The zero-order valence-corrected chi connectivity index (χ0v) is 11.3. The molecule has 0 amide bonds. The summed E-state index contributed by atoms with van der Waals surface area (Å²) in [6.07, 6.45) is 5.34. The van der Waals surface area contributed by atoms with Crippen molar-refractivity contribution in [1.29, 1.82) is 0 Å². The third-order valence-corrected chi connectivity index (χ3v) is 3.70. The molecule has 0 saturated heterocycles. The smallest absolute Gasteiger partial charge is 0.132 e. The highest BCUT2D eigenvalue weighted by molar-refractivity contribution is 5.48. The van der Waals surface area contributed by atoms with E-state index in [2.05, 4.69) is 40.6 Å². The molecule has 1 aromatic heterocycles. The normalized spacial score (nSPS) is 13.3. The largest absolute Gasteiger partial charge is 0.373 e. The Balaban J connectivity index is 1.78. The van der Waals surface area contributed by atoms with Crippen molar-refractivity contribution in [2.45, 2.75) is 32.1 Å². The monoisotopic (exact) mass is 253 g/mol. The summed E-state index contributed by atoms with van der Waals surface area (Å²) >= 11 is 0.